The van der Waals surface area contributed by atoms with E-state index >= 15 is 0 Å². The number of aliphatic hydroxyl groups excluding tert-OH is 19. The van der Waals surface area contributed by atoms with E-state index in [1.807, 2.05) is 0 Å². The Morgan fingerprint density at radius 1 is 0.371 bits per heavy atom. The quantitative estimate of drug-likeness (QED) is 0.0643. The first-order valence-corrected chi connectivity index (χ1v) is 22.1. The highest BCUT2D eigenvalue weighted by molar-refractivity contribution is 5.73. The summed E-state index contributed by atoms with van der Waals surface area (Å²) in [4.78, 5) is 12.0. The smallest absolute Gasteiger partial charge is 0.217 e. The number of hydrogen-bond acceptors (Lipinski definition) is 31. The van der Waals surface area contributed by atoms with Crippen LogP contribution in [-0.4, -0.2) is 327 Å². The second-order valence-electron chi connectivity index (χ2n) is 17.5. The van der Waals surface area contributed by atoms with E-state index in [-0.39, 0.29) is 0 Å². The Kier molecular flexibility index (Phi) is 20.3. The van der Waals surface area contributed by atoms with Gasteiger partial charge in [-0.1, -0.05) is 0 Å². The number of carbonyl (C=O) groups is 1. The van der Waals surface area contributed by atoms with Gasteiger partial charge in [0.15, 0.2) is 37.7 Å². The fraction of sp³-hybridized carbons (Fsp3) is 0.974. The molecule has 0 unspecified atom stereocenters. The molecule has 408 valence electrons. The Morgan fingerprint density at radius 2 is 0.743 bits per heavy atom. The minimum Gasteiger partial charge on any atom is -0.394 e. The van der Waals surface area contributed by atoms with Crippen molar-refractivity contribution >= 4 is 5.91 Å². The largest absolute Gasteiger partial charge is 0.394 e. The fourth-order valence-corrected chi connectivity index (χ4v) is 8.78. The summed E-state index contributed by atoms with van der Waals surface area (Å²) in [6.45, 7) is -4.70. The van der Waals surface area contributed by atoms with Gasteiger partial charge in [0.2, 0.25) is 5.91 Å². The van der Waals surface area contributed by atoms with Gasteiger partial charge in [-0.25, -0.2) is 0 Å². The van der Waals surface area contributed by atoms with Crippen molar-refractivity contribution in [3.8, 4) is 0 Å². The predicted molar refractivity (Wildman–Crippen MR) is 211 cm³/mol. The first kappa shape index (κ1) is 57.5. The van der Waals surface area contributed by atoms with Gasteiger partial charge in [0.05, 0.1) is 39.6 Å². The molecule has 0 aromatic rings. The zero-order valence-electron chi connectivity index (χ0n) is 37.0. The molecule has 1 amide bonds. The Morgan fingerprint density at radius 3 is 1.24 bits per heavy atom. The summed E-state index contributed by atoms with van der Waals surface area (Å²) in [6, 6.07) is -1.63. The van der Waals surface area contributed by atoms with Crippen LogP contribution in [0.25, 0.3) is 0 Å². The van der Waals surface area contributed by atoms with Gasteiger partial charge < -0.3 is 154 Å². The third-order valence-corrected chi connectivity index (χ3v) is 12.8. The molecule has 0 bridgehead atoms. The summed E-state index contributed by atoms with van der Waals surface area (Å²) in [7, 11) is 0. The minimum atomic E-state index is -2.29. The normalized spacial score (nSPS) is 51.5. The minimum absolute atomic E-state index is 0.763. The molecule has 20 N–H and O–H groups in total. The van der Waals surface area contributed by atoms with E-state index in [0.717, 1.165) is 6.92 Å². The maximum absolute atomic E-state index is 12.0. The monoisotopic (exact) mass is 1030 g/mol. The van der Waals surface area contributed by atoms with Gasteiger partial charge in [0, 0.05) is 6.92 Å². The zero-order valence-corrected chi connectivity index (χ0v) is 37.0. The Balaban J connectivity index is 1.29. The molecule has 0 aromatic carbocycles. The van der Waals surface area contributed by atoms with Crippen LogP contribution in [0.15, 0.2) is 0 Å². The maximum atomic E-state index is 12.0. The van der Waals surface area contributed by atoms with Crippen molar-refractivity contribution in [2.24, 2.45) is 0 Å². The van der Waals surface area contributed by atoms with Crippen LogP contribution < -0.4 is 5.32 Å². The van der Waals surface area contributed by atoms with Crippen molar-refractivity contribution in [3.05, 3.63) is 0 Å². The van der Waals surface area contributed by atoms with Crippen molar-refractivity contribution in [3.63, 3.8) is 0 Å². The molecule has 70 heavy (non-hydrogen) atoms. The van der Waals surface area contributed by atoms with Crippen LogP contribution >= 0.6 is 0 Å². The molecule has 0 aliphatic carbocycles. The van der Waals surface area contributed by atoms with Crippen LogP contribution in [0.5, 0.6) is 0 Å². The molecule has 30 atom stereocenters. The van der Waals surface area contributed by atoms with Crippen LogP contribution in [0.4, 0.5) is 0 Å². The number of hydrogen-bond donors (Lipinski definition) is 20. The standard InChI is InChI=1S/C38H65NO31/c1-8(45)39-15-21(51)29(13(6-44)61-33(15)59)67-37-28(58)31(69-38-32(24(54)18(48)11(4-42)65-38)70-36-26(56)23(53)17(47)10(3-41)64-36)20(50)14(66-37)7-60-34-27(57)30(19(49)12(5-43)62-34)68-35-25(55)22(52)16(46)9(2-40)63-35/h9-38,40-44,46-59H,2-7H2,1H3,(H,39,45)/t9-,10-,11-,12-,13-,14-,15-,16-,17-,18-,19-,20-,21-,22+,23+,24+,25+,26+,27+,28+,29-,30+,31+,32+,33-,34+,35-,36-,37+,38-/m1/s1. The highest BCUT2D eigenvalue weighted by Gasteiger charge is 2.57. The van der Waals surface area contributed by atoms with E-state index in [4.69, 9.17) is 52.1 Å². The number of nitrogens with one attached hydrogen (secondary N) is 1. The molecular formula is C38H65NO31. The van der Waals surface area contributed by atoms with Gasteiger partial charge in [-0.2, -0.15) is 0 Å². The predicted octanol–water partition coefficient (Wildman–Crippen LogP) is -14.0. The molecule has 6 heterocycles. The molecule has 0 aromatic heterocycles. The molecule has 32 nitrogen and oxygen atoms in total. The van der Waals surface area contributed by atoms with Crippen LogP contribution in [0, 0.1) is 0 Å². The van der Waals surface area contributed by atoms with E-state index < -0.39 is 230 Å². The molecule has 6 fully saturated rings. The van der Waals surface area contributed by atoms with E-state index in [1.165, 1.54) is 0 Å². The highest BCUT2D eigenvalue weighted by atomic mass is 16.8. The summed E-state index contributed by atoms with van der Waals surface area (Å²) in [5.41, 5.74) is 0. The average Bonchev–Trinajstić information content (AvgIpc) is 3.33. The van der Waals surface area contributed by atoms with Gasteiger partial charge in [-0.05, 0) is 0 Å². The van der Waals surface area contributed by atoms with Gasteiger partial charge in [-0.3, -0.25) is 4.79 Å². The number of carbonyl (C=O) groups excluding carboxylic acids is 1. The van der Waals surface area contributed by atoms with Gasteiger partial charge in [0.25, 0.3) is 0 Å². The Bertz CT molecular complexity index is 1630. The number of rotatable bonds is 17. The van der Waals surface area contributed by atoms with Gasteiger partial charge in [0.1, 0.15) is 146 Å². The second-order valence-corrected chi connectivity index (χ2v) is 17.5. The third kappa shape index (κ3) is 12.0. The lowest BCUT2D eigenvalue weighted by atomic mass is 9.95. The van der Waals surface area contributed by atoms with E-state index in [9.17, 15) is 102 Å². The third-order valence-electron chi connectivity index (χ3n) is 12.8. The molecule has 6 saturated heterocycles. The van der Waals surface area contributed by atoms with Crippen LogP contribution in [-0.2, 0) is 56.9 Å². The molecule has 32 heteroatoms. The average molecular weight is 1030 g/mol. The van der Waals surface area contributed by atoms with Crippen LogP contribution in [0.2, 0.25) is 0 Å². The van der Waals surface area contributed by atoms with E-state index in [0.29, 0.717) is 0 Å². The maximum Gasteiger partial charge on any atom is 0.217 e. The lowest BCUT2D eigenvalue weighted by molar-refractivity contribution is -0.397. The first-order valence-electron chi connectivity index (χ1n) is 22.1. The van der Waals surface area contributed by atoms with Crippen LogP contribution in [0.3, 0.4) is 0 Å². The molecule has 0 saturated carbocycles. The fourth-order valence-electron chi connectivity index (χ4n) is 8.78. The molecule has 6 rings (SSSR count). The summed E-state index contributed by atoms with van der Waals surface area (Å²) in [5, 5.41) is 204. The summed E-state index contributed by atoms with van der Waals surface area (Å²) >= 11 is 0. The Hall–Kier alpha value is -1.73. The van der Waals surface area contributed by atoms with Crippen molar-refractivity contribution in [1.82, 2.24) is 5.32 Å². The molecule has 0 spiro atoms. The molecule has 6 aliphatic heterocycles. The SMILES string of the molecule is CC(=O)N[C@@H]1[C@@H](O)[C@H](O[C@@H]2O[C@H](CO[C@H]3O[C@H](CO)[C@@H](O)[C@H](O[C@H]4O[C@H](CO)[C@@H](O)[C@H](O)[C@@H]4O)[C@@H]3O)[C@@H](O)[C@H](O[C@H]3O[C@H](CO)[C@@H](O)[C@H](O)[C@@H]3O[C@H]3O[C@H](CO)[C@@H](O)[C@H](O)[C@@H]3O)[C@@H]2O)[C@@H](CO)O[C@H]1O. The number of aliphatic hydroxyl groups is 19. The summed E-state index contributed by atoms with van der Waals surface area (Å²) in [5.74, 6) is -0.763. The number of amides is 1. The highest BCUT2D eigenvalue weighted by Crippen LogP contribution is 2.36. The van der Waals surface area contributed by atoms with Crippen molar-refractivity contribution < 1.29 is 154 Å². The van der Waals surface area contributed by atoms with Crippen molar-refractivity contribution in [1.29, 1.82) is 0 Å². The van der Waals surface area contributed by atoms with Crippen molar-refractivity contribution in [2.75, 3.05) is 39.6 Å². The lowest BCUT2D eigenvalue weighted by Gasteiger charge is -2.50. The number of ether oxygens (including phenoxy) is 11. The summed E-state index contributed by atoms with van der Waals surface area (Å²) < 4.78 is 62.0. The Labute approximate surface area is 395 Å². The molecular weight excluding hydrogens is 966 g/mol. The zero-order chi connectivity index (χ0) is 51.6. The van der Waals surface area contributed by atoms with E-state index in [1.54, 1.807) is 0 Å². The van der Waals surface area contributed by atoms with Crippen LogP contribution in [0.1, 0.15) is 6.92 Å². The summed E-state index contributed by atoms with van der Waals surface area (Å²) in [6.07, 6.45) is -56.5. The molecule has 0 radical (unpaired) electrons. The first-order chi connectivity index (χ1) is 33.1. The van der Waals surface area contributed by atoms with Gasteiger partial charge in [-0.15, -0.1) is 0 Å². The van der Waals surface area contributed by atoms with E-state index in [2.05, 4.69) is 5.32 Å². The molecule has 6 aliphatic rings. The van der Waals surface area contributed by atoms with Crippen molar-refractivity contribution in [2.45, 2.75) is 191 Å². The second kappa shape index (κ2) is 24.7. The lowest BCUT2D eigenvalue weighted by Crippen LogP contribution is -2.69. The topological polar surface area (TPSA) is 515 Å². The van der Waals surface area contributed by atoms with Gasteiger partial charge >= 0.3 is 0 Å².